The molecule has 0 unspecified atom stereocenters. The Morgan fingerprint density at radius 3 is 2.53 bits per heavy atom. The van der Waals surface area contributed by atoms with E-state index in [9.17, 15) is 0 Å². The molecule has 3 fully saturated rings. The normalized spacial score (nSPS) is 24.7. The molecule has 2 saturated carbocycles. The van der Waals surface area contributed by atoms with Crippen LogP contribution < -0.4 is 4.90 Å². The monoisotopic (exact) mass is 258 g/mol. The molecular weight excluding hydrogens is 236 g/mol. The Bertz CT molecular complexity index is 445. The fourth-order valence-electron chi connectivity index (χ4n) is 2.90. The quantitative estimate of drug-likeness (QED) is 0.825. The minimum Gasteiger partial charge on any atom is -0.354 e. The van der Waals surface area contributed by atoms with Gasteiger partial charge in [-0.1, -0.05) is 0 Å². The van der Waals surface area contributed by atoms with Gasteiger partial charge in [0.2, 0.25) is 0 Å². The summed E-state index contributed by atoms with van der Waals surface area (Å²) >= 11 is 0. The van der Waals surface area contributed by atoms with Gasteiger partial charge in [0.15, 0.2) is 0 Å². The van der Waals surface area contributed by atoms with Crippen LogP contribution in [0.2, 0.25) is 0 Å². The van der Waals surface area contributed by atoms with E-state index in [4.69, 9.17) is 4.98 Å². The molecule has 2 heterocycles. The van der Waals surface area contributed by atoms with Crippen LogP contribution in [0.15, 0.2) is 12.3 Å². The van der Waals surface area contributed by atoms with E-state index in [1.165, 1.54) is 45.3 Å². The van der Waals surface area contributed by atoms with E-state index in [1.54, 1.807) is 0 Å². The molecule has 4 nitrogen and oxygen atoms in total. The maximum absolute atomic E-state index is 4.75. The van der Waals surface area contributed by atoms with Gasteiger partial charge < -0.3 is 4.90 Å². The topological polar surface area (TPSA) is 32.3 Å². The number of piperazine rings is 1. The van der Waals surface area contributed by atoms with E-state index in [0.29, 0.717) is 5.92 Å². The van der Waals surface area contributed by atoms with Gasteiger partial charge in [-0.05, 0) is 37.7 Å². The highest BCUT2D eigenvalue weighted by Crippen LogP contribution is 2.38. The summed E-state index contributed by atoms with van der Waals surface area (Å²) in [6.07, 6.45) is 7.40. The lowest BCUT2D eigenvalue weighted by atomic mass is 10.2. The van der Waals surface area contributed by atoms with Gasteiger partial charge in [0, 0.05) is 44.8 Å². The number of rotatable bonds is 4. The molecule has 19 heavy (non-hydrogen) atoms. The Hall–Kier alpha value is -1.16. The molecule has 0 aromatic carbocycles. The Morgan fingerprint density at radius 1 is 1.05 bits per heavy atom. The zero-order valence-electron chi connectivity index (χ0n) is 11.5. The van der Waals surface area contributed by atoms with Crippen molar-refractivity contribution < 1.29 is 0 Å². The second-order valence-corrected chi connectivity index (χ2v) is 6.28. The van der Waals surface area contributed by atoms with Gasteiger partial charge in [0.05, 0.1) is 0 Å². The van der Waals surface area contributed by atoms with Gasteiger partial charge >= 0.3 is 0 Å². The van der Waals surface area contributed by atoms with Gasteiger partial charge in [0.1, 0.15) is 11.6 Å². The van der Waals surface area contributed by atoms with E-state index >= 15 is 0 Å². The van der Waals surface area contributed by atoms with Crippen LogP contribution in [0.3, 0.4) is 0 Å². The largest absolute Gasteiger partial charge is 0.354 e. The average molecular weight is 258 g/mol. The van der Waals surface area contributed by atoms with Crippen LogP contribution in [0.5, 0.6) is 0 Å². The lowest BCUT2D eigenvalue weighted by Gasteiger charge is -2.35. The number of hydrogen-bond acceptors (Lipinski definition) is 4. The van der Waals surface area contributed by atoms with Crippen molar-refractivity contribution in [1.29, 1.82) is 0 Å². The first kappa shape index (κ1) is 11.6. The molecular formula is C15H22N4. The van der Waals surface area contributed by atoms with Gasteiger partial charge in [-0.3, -0.25) is 4.90 Å². The van der Waals surface area contributed by atoms with E-state index in [2.05, 4.69) is 20.9 Å². The molecule has 1 aliphatic heterocycles. The average Bonchev–Trinajstić information content (AvgIpc) is 3.33. The minimum atomic E-state index is 0.649. The van der Waals surface area contributed by atoms with Crippen LogP contribution in [0.25, 0.3) is 0 Å². The van der Waals surface area contributed by atoms with Crippen LogP contribution in [0, 0.1) is 5.92 Å². The maximum Gasteiger partial charge on any atom is 0.133 e. The van der Waals surface area contributed by atoms with E-state index in [-0.39, 0.29) is 0 Å². The van der Waals surface area contributed by atoms with Crippen molar-refractivity contribution in [3.05, 3.63) is 18.1 Å². The summed E-state index contributed by atoms with van der Waals surface area (Å²) in [7, 11) is 0. The summed E-state index contributed by atoms with van der Waals surface area (Å²) in [6.45, 7) is 5.95. The summed E-state index contributed by atoms with van der Waals surface area (Å²) < 4.78 is 0. The highest BCUT2D eigenvalue weighted by atomic mass is 15.3. The summed E-state index contributed by atoms with van der Waals surface area (Å²) in [5, 5.41) is 0. The van der Waals surface area contributed by atoms with Crippen LogP contribution in [0.1, 0.15) is 37.4 Å². The highest BCUT2D eigenvalue weighted by molar-refractivity contribution is 5.38. The third kappa shape index (κ3) is 2.73. The van der Waals surface area contributed by atoms with Crippen molar-refractivity contribution in [2.24, 2.45) is 5.92 Å². The molecule has 0 atom stereocenters. The summed E-state index contributed by atoms with van der Waals surface area (Å²) in [5.74, 6) is 3.86. The first-order valence-corrected chi connectivity index (χ1v) is 7.69. The Labute approximate surface area is 114 Å². The van der Waals surface area contributed by atoms with E-state index < -0.39 is 0 Å². The zero-order valence-corrected chi connectivity index (χ0v) is 11.5. The van der Waals surface area contributed by atoms with Gasteiger partial charge in [-0.15, -0.1) is 0 Å². The van der Waals surface area contributed by atoms with Crippen LogP contribution in [-0.2, 0) is 0 Å². The van der Waals surface area contributed by atoms with Gasteiger partial charge in [0.25, 0.3) is 0 Å². The van der Waals surface area contributed by atoms with Crippen molar-refractivity contribution in [3.63, 3.8) is 0 Å². The van der Waals surface area contributed by atoms with Crippen LogP contribution >= 0.6 is 0 Å². The standard InChI is InChI=1S/C15H22N4/c1-2-12(1)11-18-7-9-19(10-8-18)14-5-6-16-15(17-14)13-3-4-13/h5-6,12-13H,1-4,7-11H2. The second-order valence-electron chi connectivity index (χ2n) is 6.28. The summed E-state index contributed by atoms with van der Waals surface area (Å²) in [5.41, 5.74) is 0. The molecule has 1 aromatic rings. The third-order valence-corrected chi connectivity index (χ3v) is 4.51. The fraction of sp³-hybridized carbons (Fsp3) is 0.733. The second kappa shape index (κ2) is 4.75. The predicted octanol–water partition coefficient (Wildman–Crippen LogP) is 1.89. The molecule has 2 aliphatic carbocycles. The highest BCUT2D eigenvalue weighted by Gasteiger charge is 2.28. The molecule has 0 radical (unpaired) electrons. The third-order valence-electron chi connectivity index (χ3n) is 4.51. The molecule has 1 aromatic heterocycles. The molecule has 0 N–H and O–H groups in total. The van der Waals surface area contributed by atoms with Crippen molar-refractivity contribution in [1.82, 2.24) is 14.9 Å². The van der Waals surface area contributed by atoms with Crippen molar-refractivity contribution >= 4 is 5.82 Å². The number of anilines is 1. The maximum atomic E-state index is 4.75. The number of nitrogens with zero attached hydrogens (tertiary/aromatic N) is 4. The lowest BCUT2D eigenvalue weighted by Crippen LogP contribution is -2.47. The van der Waals surface area contributed by atoms with Gasteiger partial charge in [-0.25, -0.2) is 9.97 Å². The lowest BCUT2D eigenvalue weighted by molar-refractivity contribution is 0.247. The Kier molecular flexibility index (Phi) is 2.91. The van der Waals surface area contributed by atoms with Crippen molar-refractivity contribution in [2.75, 3.05) is 37.6 Å². The number of hydrogen-bond donors (Lipinski definition) is 0. The van der Waals surface area contributed by atoms with Crippen molar-refractivity contribution in [2.45, 2.75) is 31.6 Å². The van der Waals surface area contributed by atoms with E-state index in [0.717, 1.165) is 30.6 Å². The molecule has 4 heteroatoms. The molecule has 0 spiro atoms. The molecule has 0 amide bonds. The van der Waals surface area contributed by atoms with Crippen LogP contribution in [0.4, 0.5) is 5.82 Å². The fourth-order valence-corrected chi connectivity index (χ4v) is 2.90. The summed E-state index contributed by atoms with van der Waals surface area (Å²) in [6, 6.07) is 2.07. The van der Waals surface area contributed by atoms with E-state index in [1.807, 2.05) is 6.20 Å². The summed E-state index contributed by atoms with van der Waals surface area (Å²) in [4.78, 5) is 14.2. The predicted molar refractivity (Wildman–Crippen MR) is 75.4 cm³/mol. The molecule has 0 bridgehead atoms. The molecule has 102 valence electrons. The minimum absolute atomic E-state index is 0.649. The Morgan fingerprint density at radius 2 is 1.84 bits per heavy atom. The zero-order chi connectivity index (χ0) is 12.7. The van der Waals surface area contributed by atoms with Crippen molar-refractivity contribution in [3.8, 4) is 0 Å². The molecule has 1 saturated heterocycles. The molecule has 4 rings (SSSR count). The van der Waals surface area contributed by atoms with Gasteiger partial charge in [-0.2, -0.15) is 0 Å². The molecule has 3 aliphatic rings. The SMILES string of the molecule is c1cc(N2CCN(CC3CC3)CC2)nc(C2CC2)n1. The van der Waals surface area contributed by atoms with Crippen LogP contribution in [-0.4, -0.2) is 47.6 Å². The smallest absolute Gasteiger partial charge is 0.133 e. The Balaban J connectivity index is 1.38. The first-order valence-electron chi connectivity index (χ1n) is 7.69. The number of aromatic nitrogens is 2. The first-order chi connectivity index (χ1) is 9.38.